The van der Waals surface area contributed by atoms with Gasteiger partial charge in [-0.25, -0.2) is 27.0 Å². The van der Waals surface area contributed by atoms with E-state index in [1.54, 1.807) is 5.43 Å². The minimum Gasteiger partial charge on any atom is -0.274 e. The van der Waals surface area contributed by atoms with Gasteiger partial charge >= 0.3 is 0 Å². The second kappa shape index (κ2) is 5.21. The number of anilines is 1. The van der Waals surface area contributed by atoms with E-state index in [0.717, 1.165) is 13.8 Å². The standard InChI is InChI=1S/C10H7F5N2O2/c1-3(18)16-17(4(2)19)10-8(14)6(12)5(11)7(13)9(10)15/h1-2H3,(H,16,18). The van der Waals surface area contributed by atoms with Gasteiger partial charge in [-0.15, -0.1) is 0 Å². The smallest absolute Gasteiger partial charge is 0.242 e. The average Bonchev–Trinajstić information content (AvgIpc) is 2.32. The third-order valence-corrected chi connectivity index (χ3v) is 1.99. The first-order valence-corrected chi connectivity index (χ1v) is 4.77. The predicted molar refractivity (Wildman–Crippen MR) is 53.2 cm³/mol. The van der Waals surface area contributed by atoms with Crippen LogP contribution in [0.1, 0.15) is 13.8 Å². The first kappa shape index (κ1) is 14.9. The number of carbonyl (C=O) groups excluding carboxylic acids is 2. The summed E-state index contributed by atoms with van der Waals surface area (Å²) < 4.78 is 65.5. The molecule has 1 rings (SSSR count). The Bertz CT molecular complexity index is 532. The van der Waals surface area contributed by atoms with Gasteiger partial charge in [-0.05, 0) is 0 Å². The molecule has 0 saturated heterocycles. The number of benzene rings is 1. The third-order valence-electron chi connectivity index (χ3n) is 1.99. The largest absolute Gasteiger partial charge is 0.274 e. The Labute approximate surface area is 103 Å². The summed E-state index contributed by atoms with van der Waals surface area (Å²) in [5.41, 5.74) is 0.118. The van der Waals surface area contributed by atoms with Crippen molar-refractivity contribution in [3.8, 4) is 0 Å². The summed E-state index contributed by atoms with van der Waals surface area (Å²) >= 11 is 0. The molecule has 0 atom stereocenters. The second-order valence-corrected chi connectivity index (χ2v) is 3.44. The SMILES string of the molecule is CC(=O)NN(C(C)=O)c1c(F)c(F)c(F)c(F)c1F. The monoisotopic (exact) mass is 282 g/mol. The van der Waals surface area contributed by atoms with Crippen molar-refractivity contribution in [2.75, 3.05) is 5.01 Å². The summed E-state index contributed by atoms with van der Waals surface area (Å²) in [6, 6.07) is 0. The lowest BCUT2D eigenvalue weighted by Gasteiger charge is -2.22. The minimum absolute atomic E-state index is 0.0569. The summed E-state index contributed by atoms with van der Waals surface area (Å²) in [7, 11) is 0. The quantitative estimate of drug-likeness (QED) is 0.369. The van der Waals surface area contributed by atoms with Gasteiger partial charge in [0.15, 0.2) is 23.3 Å². The van der Waals surface area contributed by atoms with Gasteiger partial charge in [0, 0.05) is 13.8 Å². The molecule has 0 aromatic heterocycles. The van der Waals surface area contributed by atoms with Crippen LogP contribution in [0, 0.1) is 29.1 Å². The number of hydrogen-bond donors (Lipinski definition) is 1. The van der Waals surface area contributed by atoms with E-state index in [-0.39, 0.29) is 5.01 Å². The van der Waals surface area contributed by atoms with Crippen LogP contribution in [0.5, 0.6) is 0 Å². The molecule has 0 aliphatic rings. The van der Waals surface area contributed by atoms with E-state index < -0.39 is 46.6 Å². The van der Waals surface area contributed by atoms with E-state index in [1.165, 1.54) is 0 Å². The Morgan fingerprint density at radius 1 is 0.842 bits per heavy atom. The van der Waals surface area contributed by atoms with Crippen LogP contribution in [0.25, 0.3) is 0 Å². The van der Waals surface area contributed by atoms with Gasteiger partial charge in [0.1, 0.15) is 5.69 Å². The van der Waals surface area contributed by atoms with Gasteiger partial charge in [0.25, 0.3) is 0 Å². The Morgan fingerprint density at radius 2 is 1.21 bits per heavy atom. The molecule has 0 saturated carbocycles. The van der Waals surface area contributed by atoms with Crippen molar-refractivity contribution in [1.29, 1.82) is 0 Å². The van der Waals surface area contributed by atoms with Crippen molar-refractivity contribution >= 4 is 17.5 Å². The highest BCUT2D eigenvalue weighted by Gasteiger charge is 2.31. The Balaban J connectivity index is 3.55. The summed E-state index contributed by atoms with van der Waals surface area (Å²) in [5, 5.41) is -0.0569. The van der Waals surface area contributed by atoms with E-state index in [0.29, 0.717) is 0 Å². The highest BCUT2D eigenvalue weighted by atomic mass is 19.2. The Hall–Kier alpha value is -2.19. The molecule has 0 radical (unpaired) electrons. The number of halogens is 5. The van der Waals surface area contributed by atoms with Crippen LogP contribution >= 0.6 is 0 Å². The maximum absolute atomic E-state index is 13.4. The van der Waals surface area contributed by atoms with Crippen molar-refractivity contribution in [3.63, 3.8) is 0 Å². The maximum Gasteiger partial charge on any atom is 0.242 e. The molecule has 0 fully saturated rings. The number of amides is 2. The van der Waals surface area contributed by atoms with Crippen molar-refractivity contribution in [1.82, 2.24) is 5.43 Å². The number of nitrogens with zero attached hydrogens (tertiary/aromatic N) is 1. The van der Waals surface area contributed by atoms with Gasteiger partial charge in [-0.2, -0.15) is 0 Å². The summed E-state index contributed by atoms with van der Waals surface area (Å²) in [6.45, 7) is 1.66. The maximum atomic E-state index is 13.4. The summed E-state index contributed by atoms with van der Waals surface area (Å²) in [5.74, 6) is -13.3. The molecule has 1 aromatic rings. The number of rotatable bonds is 1. The molecule has 9 heteroatoms. The molecule has 1 N–H and O–H groups in total. The lowest BCUT2D eigenvalue weighted by molar-refractivity contribution is -0.124. The second-order valence-electron chi connectivity index (χ2n) is 3.44. The van der Waals surface area contributed by atoms with Crippen molar-refractivity contribution < 1.29 is 31.5 Å². The fraction of sp³-hybridized carbons (Fsp3) is 0.200. The molecular weight excluding hydrogens is 275 g/mol. The van der Waals surface area contributed by atoms with Gasteiger partial charge < -0.3 is 0 Å². The van der Waals surface area contributed by atoms with E-state index in [4.69, 9.17) is 0 Å². The number of hydrazine groups is 1. The number of carbonyl (C=O) groups is 2. The van der Waals surface area contributed by atoms with Crippen LogP contribution in [0.2, 0.25) is 0 Å². The molecule has 4 nitrogen and oxygen atoms in total. The predicted octanol–water partition coefficient (Wildman–Crippen LogP) is 1.79. The molecule has 0 aliphatic carbocycles. The first-order valence-electron chi connectivity index (χ1n) is 4.77. The van der Waals surface area contributed by atoms with Gasteiger partial charge in [0.05, 0.1) is 0 Å². The highest BCUT2D eigenvalue weighted by molar-refractivity contribution is 5.94. The molecule has 0 spiro atoms. The number of hydrogen-bond acceptors (Lipinski definition) is 2. The van der Waals surface area contributed by atoms with Crippen molar-refractivity contribution in [3.05, 3.63) is 29.1 Å². The zero-order valence-electron chi connectivity index (χ0n) is 9.65. The summed E-state index contributed by atoms with van der Waals surface area (Å²) in [6.07, 6.45) is 0. The van der Waals surface area contributed by atoms with E-state index in [9.17, 15) is 31.5 Å². The molecule has 0 heterocycles. The van der Waals surface area contributed by atoms with Crippen LogP contribution in [0.15, 0.2) is 0 Å². The molecule has 1 aromatic carbocycles. The van der Waals surface area contributed by atoms with Gasteiger partial charge in [-0.1, -0.05) is 0 Å². The summed E-state index contributed by atoms with van der Waals surface area (Å²) in [4.78, 5) is 21.9. The molecule has 0 unspecified atom stereocenters. The lowest BCUT2D eigenvalue weighted by atomic mass is 10.2. The highest BCUT2D eigenvalue weighted by Crippen LogP contribution is 2.29. The fourth-order valence-corrected chi connectivity index (χ4v) is 1.24. The van der Waals surface area contributed by atoms with E-state index in [2.05, 4.69) is 0 Å². The molecular formula is C10H7F5N2O2. The van der Waals surface area contributed by atoms with E-state index in [1.807, 2.05) is 0 Å². The van der Waals surface area contributed by atoms with Crippen LogP contribution in [-0.2, 0) is 9.59 Å². The molecule has 2 amide bonds. The minimum atomic E-state index is -2.36. The average molecular weight is 282 g/mol. The van der Waals surface area contributed by atoms with Gasteiger partial charge in [0.2, 0.25) is 17.6 Å². The fourth-order valence-electron chi connectivity index (χ4n) is 1.24. The molecule has 0 aliphatic heterocycles. The van der Waals surface area contributed by atoms with Crippen LogP contribution in [-0.4, -0.2) is 11.8 Å². The first-order chi connectivity index (χ1) is 8.68. The molecule has 104 valence electrons. The third kappa shape index (κ3) is 2.64. The Kier molecular flexibility index (Phi) is 4.07. The van der Waals surface area contributed by atoms with Crippen LogP contribution in [0.3, 0.4) is 0 Å². The zero-order chi connectivity index (χ0) is 14.9. The van der Waals surface area contributed by atoms with Gasteiger partial charge in [-0.3, -0.25) is 15.0 Å². The Morgan fingerprint density at radius 3 is 1.53 bits per heavy atom. The van der Waals surface area contributed by atoms with Crippen molar-refractivity contribution in [2.24, 2.45) is 0 Å². The molecule has 0 bridgehead atoms. The normalized spacial score (nSPS) is 10.3. The molecule has 19 heavy (non-hydrogen) atoms. The topological polar surface area (TPSA) is 49.4 Å². The lowest BCUT2D eigenvalue weighted by Crippen LogP contribution is -2.45. The van der Waals surface area contributed by atoms with Crippen LogP contribution < -0.4 is 10.4 Å². The zero-order valence-corrected chi connectivity index (χ0v) is 9.65. The number of nitrogens with one attached hydrogen (secondary N) is 1. The van der Waals surface area contributed by atoms with E-state index >= 15 is 0 Å². The van der Waals surface area contributed by atoms with Crippen molar-refractivity contribution in [2.45, 2.75) is 13.8 Å². The van der Waals surface area contributed by atoms with Crippen LogP contribution in [0.4, 0.5) is 27.6 Å².